The predicted molar refractivity (Wildman–Crippen MR) is 92.1 cm³/mol. The average Bonchev–Trinajstić information content (AvgIpc) is 2.89. The summed E-state index contributed by atoms with van der Waals surface area (Å²) in [6.07, 6.45) is 4.56. The van der Waals surface area contributed by atoms with E-state index in [9.17, 15) is 9.90 Å². The molecule has 1 aliphatic rings. The zero-order chi connectivity index (χ0) is 17.8. The molecule has 1 amide bonds. The Morgan fingerprint density at radius 3 is 2.96 bits per heavy atom. The van der Waals surface area contributed by atoms with Crippen molar-refractivity contribution in [2.24, 2.45) is 0 Å². The van der Waals surface area contributed by atoms with Crippen LogP contribution in [0, 0.1) is 13.8 Å². The molecule has 1 aliphatic carbocycles. The molecule has 2 aromatic rings. The van der Waals surface area contributed by atoms with Gasteiger partial charge in [0.15, 0.2) is 0 Å². The summed E-state index contributed by atoms with van der Waals surface area (Å²) in [5, 5.41) is 17.8. The van der Waals surface area contributed by atoms with Crippen molar-refractivity contribution in [2.45, 2.75) is 57.9 Å². The van der Waals surface area contributed by atoms with E-state index in [0.29, 0.717) is 5.75 Å². The van der Waals surface area contributed by atoms with Crippen molar-refractivity contribution in [1.29, 1.82) is 0 Å². The highest BCUT2D eigenvalue weighted by Crippen LogP contribution is 2.24. The molecule has 0 radical (unpaired) electrons. The van der Waals surface area contributed by atoms with Gasteiger partial charge in [-0.2, -0.15) is 5.10 Å². The minimum absolute atomic E-state index is 0.150. The Hall–Kier alpha value is -2.41. The molecule has 134 valence electrons. The summed E-state index contributed by atoms with van der Waals surface area (Å²) >= 11 is 0. The Morgan fingerprint density at radius 2 is 2.28 bits per heavy atom. The molecule has 25 heavy (non-hydrogen) atoms. The van der Waals surface area contributed by atoms with Crippen molar-refractivity contribution in [3.63, 3.8) is 0 Å². The maximum Gasteiger partial charge on any atom is 0.242 e. The van der Waals surface area contributed by atoms with Gasteiger partial charge in [0.2, 0.25) is 5.91 Å². The first-order valence-electron chi connectivity index (χ1n) is 8.58. The Labute approximate surface area is 147 Å². The van der Waals surface area contributed by atoms with Gasteiger partial charge >= 0.3 is 0 Å². The quantitative estimate of drug-likeness (QED) is 0.855. The summed E-state index contributed by atoms with van der Waals surface area (Å²) < 4.78 is 7.51. The van der Waals surface area contributed by atoms with Crippen molar-refractivity contribution in [1.82, 2.24) is 20.1 Å². The number of aryl methyl sites for hydroxylation is 2. The Morgan fingerprint density at radius 1 is 1.44 bits per heavy atom. The molecule has 2 heterocycles. The summed E-state index contributed by atoms with van der Waals surface area (Å²) in [6.45, 7) is 3.96. The lowest BCUT2D eigenvalue weighted by Gasteiger charge is -2.35. The minimum atomic E-state index is -0.752. The number of rotatable bonds is 5. The Balaban J connectivity index is 1.58. The van der Waals surface area contributed by atoms with E-state index < -0.39 is 6.10 Å². The van der Waals surface area contributed by atoms with Crippen LogP contribution in [0.1, 0.15) is 30.7 Å². The van der Waals surface area contributed by atoms with E-state index >= 15 is 0 Å². The fraction of sp³-hybridized carbons (Fsp3) is 0.500. The molecular formula is C18H24N4O3. The van der Waals surface area contributed by atoms with Crippen LogP contribution in [0.25, 0.3) is 0 Å². The van der Waals surface area contributed by atoms with Gasteiger partial charge in [0.05, 0.1) is 17.9 Å². The first kappa shape index (κ1) is 17.4. The molecule has 3 atom stereocenters. The SMILES string of the molecule is Cc1cc(C)n(CC(=O)N[C@@H]2CCC[C@@H](Oc3cccnc3)[C@@H]2O)n1. The van der Waals surface area contributed by atoms with Crippen molar-refractivity contribution in [2.75, 3.05) is 0 Å². The second-order valence-electron chi connectivity index (χ2n) is 6.53. The van der Waals surface area contributed by atoms with Crippen molar-refractivity contribution < 1.29 is 14.6 Å². The molecule has 0 saturated heterocycles. The first-order chi connectivity index (χ1) is 12.0. The van der Waals surface area contributed by atoms with Gasteiger partial charge < -0.3 is 15.2 Å². The highest BCUT2D eigenvalue weighted by molar-refractivity contribution is 5.76. The van der Waals surface area contributed by atoms with E-state index in [1.807, 2.05) is 26.0 Å². The second-order valence-corrected chi connectivity index (χ2v) is 6.53. The second kappa shape index (κ2) is 7.65. The molecule has 0 unspecified atom stereocenters. The molecule has 0 aliphatic heterocycles. The smallest absolute Gasteiger partial charge is 0.242 e. The lowest BCUT2D eigenvalue weighted by molar-refractivity contribution is -0.124. The van der Waals surface area contributed by atoms with Gasteiger partial charge in [0, 0.05) is 11.9 Å². The molecule has 0 spiro atoms. The fourth-order valence-corrected chi connectivity index (χ4v) is 3.24. The molecular weight excluding hydrogens is 320 g/mol. The average molecular weight is 344 g/mol. The number of nitrogens with zero attached hydrogens (tertiary/aromatic N) is 3. The van der Waals surface area contributed by atoms with Crippen LogP contribution in [0.2, 0.25) is 0 Å². The van der Waals surface area contributed by atoms with Gasteiger partial charge in [0.1, 0.15) is 24.5 Å². The van der Waals surface area contributed by atoms with Crippen LogP contribution in [0.3, 0.4) is 0 Å². The number of carbonyl (C=O) groups is 1. The Bertz CT molecular complexity index is 716. The van der Waals surface area contributed by atoms with Gasteiger partial charge in [-0.15, -0.1) is 0 Å². The zero-order valence-corrected chi connectivity index (χ0v) is 14.6. The Kier molecular flexibility index (Phi) is 5.33. The monoisotopic (exact) mass is 344 g/mol. The zero-order valence-electron chi connectivity index (χ0n) is 14.6. The normalized spacial score (nSPS) is 23.2. The maximum atomic E-state index is 12.3. The van der Waals surface area contributed by atoms with E-state index in [1.165, 1.54) is 0 Å². The number of aromatic nitrogens is 3. The summed E-state index contributed by atoms with van der Waals surface area (Å²) in [5.41, 5.74) is 1.82. The highest BCUT2D eigenvalue weighted by atomic mass is 16.5. The summed E-state index contributed by atoms with van der Waals surface area (Å²) in [4.78, 5) is 16.3. The minimum Gasteiger partial charge on any atom is -0.486 e. The summed E-state index contributed by atoms with van der Waals surface area (Å²) in [7, 11) is 0. The number of aliphatic hydroxyl groups is 1. The van der Waals surface area contributed by atoms with Crippen LogP contribution < -0.4 is 10.1 Å². The summed E-state index contributed by atoms with van der Waals surface area (Å²) in [6, 6.07) is 5.21. The largest absolute Gasteiger partial charge is 0.486 e. The molecule has 2 aromatic heterocycles. The van der Waals surface area contributed by atoms with Crippen LogP contribution in [-0.4, -0.2) is 44.0 Å². The van der Waals surface area contributed by atoms with Crippen LogP contribution in [0.15, 0.2) is 30.6 Å². The molecule has 1 saturated carbocycles. The van der Waals surface area contributed by atoms with Crippen molar-refractivity contribution in [3.8, 4) is 5.75 Å². The van der Waals surface area contributed by atoms with Gasteiger partial charge in [0.25, 0.3) is 0 Å². The first-order valence-corrected chi connectivity index (χ1v) is 8.58. The summed E-state index contributed by atoms with van der Waals surface area (Å²) in [5.74, 6) is 0.471. The number of carbonyl (C=O) groups excluding carboxylic acids is 1. The van der Waals surface area contributed by atoms with E-state index in [1.54, 1.807) is 23.1 Å². The molecule has 0 aromatic carbocycles. The lowest BCUT2D eigenvalue weighted by atomic mass is 9.90. The lowest BCUT2D eigenvalue weighted by Crippen LogP contribution is -2.53. The van der Waals surface area contributed by atoms with Crippen LogP contribution in [0.4, 0.5) is 0 Å². The van der Waals surface area contributed by atoms with Crippen LogP contribution in [0.5, 0.6) is 5.75 Å². The highest BCUT2D eigenvalue weighted by Gasteiger charge is 2.34. The molecule has 2 N–H and O–H groups in total. The van der Waals surface area contributed by atoms with E-state index in [2.05, 4.69) is 15.4 Å². The van der Waals surface area contributed by atoms with Crippen LogP contribution in [-0.2, 0) is 11.3 Å². The maximum absolute atomic E-state index is 12.3. The molecule has 0 bridgehead atoms. The molecule has 3 rings (SSSR count). The van der Waals surface area contributed by atoms with E-state index in [0.717, 1.165) is 30.7 Å². The number of amides is 1. The third-order valence-electron chi connectivity index (χ3n) is 4.46. The third-order valence-corrected chi connectivity index (χ3v) is 4.46. The number of hydrogen-bond acceptors (Lipinski definition) is 5. The van der Waals surface area contributed by atoms with Crippen molar-refractivity contribution >= 4 is 5.91 Å². The fourth-order valence-electron chi connectivity index (χ4n) is 3.24. The third kappa shape index (κ3) is 4.36. The number of nitrogens with one attached hydrogen (secondary N) is 1. The molecule has 7 heteroatoms. The number of hydrogen-bond donors (Lipinski definition) is 2. The number of ether oxygens (including phenoxy) is 1. The van der Waals surface area contributed by atoms with E-state index in [-0.39, 0.29) is 24.6 Å². The predicted octanol–water partition coefficient (Wildman–Crippen LogP) is 1.37. The standard InChI is InChI=1S/C18H24N4O3/c1-12-9-13(2)22(21-12)11-17(23)20-15-6-3-7-16(18(15)24)25-14-5-4-8-19-10-14/h4-5,8-10,15-16,18,24H,3,6-7,11H2,1-2H3,(H,20,23)/t15-,16-,18-/m1/s1. The van der Waals surface area contributed by atoms with Crippen molar-refractivity contribution in [3.05, 3.63) is 42.0 Å². The number of aliphatic hydroxyl groups excluding tert-OH is 1. The van der Waals surface area contributed by atoms with E-state index in [4.69, 9.17) is 4.74 Å². The molecule has 7 nitrogen and oxygen atoms in total. The van der Waals surface area contributed by atoms with Gasteiger partial charge in [-0.3, -0.25) is 14.5 Å². The molecule has 1 fully saturated rings. The van der Waals surface area contributed by atoms with Gasteiger partial charge in [-0.1, -0.05) is 0 Å². The topological polar surface area (TPSA) is 89.3 Å². The number of pyridine rings is 1. The van der Waals surface area contributed by atoms with Gasteiger partial charge in [-0.05, 0) is 51.3 Å². The van der Waals surface area contributed by atoms with Gasteiger partial charge in [-0.25, -0.2) is 0 Å². The van der Waals surface area contributed by atoms with Crippen LogP contribution >= 0.6 is 0 Å².